The van der Waals surface area contributed by atoms with E-state index in [0.29, 0.717) is 11.1 Å². The number of nitrogen functional groups attached to an aromatic ring is 1. The van der Waals surface area contributed by atoms with Crippen molar-refractivity contribution in [2.45, 2.75) is 0 Å². The number of phenols is 1. The molecule has 0 atom stereocenters. The number of hydrogen-bond donors (Lipinski definition) is 2. The van der Waals surface area contributed by atoms with Gasteiger partial charge in [0.1, 0.15) is 17.1 Å². The zero-order valence-corrected chi connectivity index (χ0v) is 10.7. The Morgan fingerprint density at radius 3 is 2.35 bits per heavy atom. The van der Waals surface area contributed by atoms with Gasteiger partial charge in [0.05, 0.1) is 5.69 Å². The summed E-state index contributed by atoms with van der Waals surface area (Å²) in [5.41, 5.74) is 7.35. The van der Waals surface area contributed by atoms with Crippen LogP contribution in [0.1, 0.15) is 0 Å². The molecule has 0 aliphatic heterocycles. The van der Waals surface area contributed by atoms with Crippen LogP contribution in [-0.2, 0) is 0 Å². The molecule has 98 valence electrons. The molecule has 3 aromatic carbocycles. The van der Waals surface area contributed by atoms with Crippen LogP contribution in [-0.4, -0.2) is 5.11 Å². The fraction of sp³-hybridized carbons (Fsp3) is 0. The molecular formula is C16H13N3O. The highest BCUT2D eigenvalue weighted by Crippen LogP contribution is 2.38. The Balaban J connectivity index is 2.08. The summed E-state index contributed by atoms with van der Waals surface area (Å²) in [5, 5.41) is 19.9. The minimum Gasteiger partial charge on any atom is -0.505 e. The van der Waals surface area contributed by atoms with Crippen LogP contribution in [0.25, 0.3) is 10.8 Å². The number of anilines is 1. The standard InChI is InChI=1S/C16H13N3O/c17-15-14(19-18-12-7-2-1-3-8-12)10-11-6-4-5-9-13(11)16(15)20/h1-10,20H,17H2. The van der Waals surface area contributed by atoms with Crippen molar-refractivity contribution in [2.24, 2.45) is 10.2 Å². The van der Waals surface area contributed by atoms with E-state index < -0.39 is 0 Å². The van der Waals surface area contributed by atoms with Crippen molar-refractivity contribution in [3.8, 4) is 5.75 Å². The van der Waals surface area contributed by atoms with Crippen molar-refractivity contribution in [3.63, 3.8) is 0 Å². The zero-order valence-electron chi connectivity index (χ0n) is 10.7. The molecule has 0 unspecified atom stereocenters. The molecule has 0 saturated heterocycles. The van der Waals surface area contributed by atoms with Gasteiger partial charge < -0.3 is 10.8 Å². The summed E-state index contributed by atoms with van der Waals surface area (Å²) in [5.74, 6) is 0.0464. The van der Waals surface area contributed by atoms with Gasteiger partial charge in [0.2, 0.25) is 0 Å². The molecule has 0 fully saturated rings. The molecule has 4 heteroatoms. The van der Waals surface area contributed by atoms with Crippen LogP contribution in [0.2, 0.25) is 0 Å². The van der Waals surface area contributed by atoms with E-state index in [2.05, 4.69) is 10.2 Å². The highest BCUT2D eigenvalue weighted by molar-refractivity contribution is 5.97. The van der Waals surface area contributed by atoms with E-state index in [9.17, 15) is 5.11 Å². The normalized spacial score (nSPS) is 11.2. The van der Waals surface area contributed by atoms with Crippen molar-refractivity contribution < 1.29 is 5.11 Å². The maximum absolute atomic E-state index is 10.1. The van der Waals surface area contributed by atoms with Gasteiger partial charge in [-0.3, -0.25) is 0 Å². The van der Waals surface area contributed by atoms with Gasteiger partial charge in [-0.25, -0.2) is 0 Å². The van der Waals surface area contributed by atoms with Crippen molar-refractivity contribution in [1.29, 1.82) is 0 Å². The van der Waals surface area contributed by atoms with Crippen molar-refractivity contribution in [1.82, 2.24) is 0 Å². The number of phenolic OH excluding ortho intramolecular Hbond substituents is 1. The molecule has 3 N–H and O–H groups in total. The molecule has 0 bridgehead atoms. The monoisotopic (exact) mass is 263 g/mol. The van der Waals surface area contributed by atoms with Crippen LogP contribution >= 0.6 is 0 Å². The lowest BCUT2D eigenvalue weighted by atomic mass is 10.1. The van der Waals surface area contributed by atoms with E-state index in [-0.39, 0.29) is 11.4 Å². The predicted molar refractivity (Wildman–Crippen MR) is 80.6 cm³/mol. The van der Waals surface area contributed by atoms with Crippen LogP contribution in [0.5, 0.6) is 5.75 Å². The van der Waals surface area contributed by atoms with Crippen LogP contribution in [0.4, 0.5) is 17.1 Å². The lowest BCUT2D eigenvalue weighted by Crippen LogP contribution is -1.87. The average molecular weight is 263 g/mol. The van der Waals surface area contributed by atoms with Gasteiger partial charge in [0, 0.05) is 5.39 Å². The second kappa shape index (κ2) is 5.01. The number of hydrogen-bond acceptors (Lipinski definition) is 4. The molecular weight excluding hydrogens is 250 g/mol. The van der Waals surface area contributed by atoms with Crippen LogP contribution < -0.4 is 5.73 Å². The first-order chi connectivity index (χ1) is 9.75. The van der Waals surface area contributed by atoms with Gasteiger partial charge in [0.25, 0.3) is 0 Å². The van der Waals surface area contributed by atoms with E-state index in [0.717, 1.165) is 11.1 Å². The highest BCUT2D eigenvalue weighted by atomic mass is 16.3. The van der Waals surface area contributed by atoms with Gasteiger partial charge >= 0.3 is 0 Å². The molecule has 0 amide bonds. The van der Waals surface area contributed by atoms with Gasteiger partial charge in [-0.05, 0) is 23.6 Å². The second-order valence-corrected chi connectivity index (χ2v) is 4.41. The third-order valence-corrected chi connectivity index (χ3v) is 3.07. The number of nitrogens with two attached hydrogens (primary N) is 1. The van der Waals surface area contributed by atoms with E-state index in [1.54, 1.807) is 0 Å². The summed E-state index contributed by atoms with van der Waals surface area (Å²) < 4.78 is 0. The summed E-state index contributed by atoms with van der Waals surface area (Å²) in [6.45, 7) is 0. The van der Waals surface area contributed by atoms with Gasteiger partial charge in [-0.1, -0.05) is 42.5 Å². The Hall–Kier alpha value is -2.88. The third-order valence-electron chi connectivity index (χ3n) is 3.07. The van der Waals surface area contributed by atoms with Crippen molar-refractivity contribution >= 4 is 27.8 Å². The van der Waals surface area contributed by atoms with E-state index in [1.807, 2.05) is 60.7 Å². The van der Waals surface area contributed by atoms with E-state index >= 15 is 0 Å². The minimum absolute atomic E-state index is 0.0464. The molecule has 0 aromatic heterocycles. The molecule has 20 heavy (non-hydrogen) atoms. The quantitative estimate of drug-likeness (QED) is 0.404. The fourth-order valence-electron chi connectivity index (χ4n) is 2.02. The molecule has 0 heterocycles. The summed E-state index contributed by atoms with van der Waals surface area (Å²) in [7, 11) is 0. The molecule has 0 saturated carbocycles. The Bertz CT molecular complexity index is 782. The topological polar surface area (TPSA) is 71.0 Å². The summed E-state index contributed by atoms with van der Waals surface area (Å²) in [4.78, 5) is 0. The first-order valence-corrected chi connectivity index (χ1v) is 6.22. The number of aromatic hydroxyl groups is 1. The number of rotatable bonds is 2. The molecule has 0 spiro atoms. The largest absolute Gasteiger partial charge is 0.505 e. The molecule has 0 aliphatic carbocycles. The lowest BCUT2D eigenvalue weighted by molar-refractivity contribution is 0.484. The predicted octanol–water partition coefficient (Wildman–Crippen LogP) is 4.54. The summed E-state index contributed by atoms with van der Waals surface area (Å²) in [6, 6.07) is 18.7. The van der Waals surface area contributed by atoms with Gasteiger partial charge in [-0.2, -0.15) is 5.11 Å². The smallest absolute Gasteiger partial charge is 0.148 e. The molecule has 0 aliphatic rings. The minimum atomic E-state index is 0.0464. The third kappa shape index (κ3) is 2.19. The zero-order chi connectivity index (χ0) is 13.9. The maximum Gasteiger partial charge on any atom is 0.148 e. The fourth-order valence-corrected chi connectivity index (χ4v) is 2.02. The van der Waals surface area contributed by atoms with Crippen LogP contribution in [0.15, 0.2) is 70.9 Å². The first kappa shape index (κ1) is 12.2. The van der Waals surface area contributed by atoms with E-state index in [1.165, 1.54) is 0 Å². The molecule has 0 radical (unpaired) electrons. The van der Waals surface area contributed by atoms with Gasteiger partial charge in [0.15, 0.2) is 0 Å². The first-order valence-electron chi connectivity index (χ1n) is 6.22. The Morgan fingerprint density at radius 2 is 1.55 bits per heavy atom. The highest BCUT2D eigenvalue weighted by Gasteiger charge is 2.09. The number of benzene rings is 3. The average Bonchev–Trinajstić information content (AvgIpc) is 2.50. The Labute approximate surface area is 116 Å². The number of fused-ring (bicyclic) bond motifs is 1. The summed E-state index contributed by atoms with van der Waals surface area (Å²) >= 11 is 0. The van der Waals surface area contributed by atoms with Crippen LogP contribution in [0, 0.1) is 0 Å². The number of azo groups is 1. The second-order valence-electron chi connectivity index (χ2n) is 4.41. The van der Waals surface area contributed by atoms with Gasteiger partial charge in [-0.15, -0.1) is 5.11 Å². The Morgan fingerprint density at radius 1 is 0.850 bits per heavy atom. The molecule has 3 rings (SSSR count). The molecule has 4 nitrogen and oxygen atoms in total. The van der Waals surface area contributed by atoms with E-state index in [4.69, 9.17) is 5.73 Å². The van der Waals surface area contributed by atoms with Crippen LogP contribution in [0.3, 0.4) is 0 Å². The van der Waals surface area contributed by atoms with Crippen molar-refractivity contribution in [2.75, 3.05) is 5.73 Å². The lowest BCUT2D eigenvalue weighted by Gasteiger charge is -2.06. The SMILES string of the molecule is Nc1c(N=Nc2ccccc2)cc2ccccc2c1O. The summed E-state index contributed by atoms with van der Waals surface area (Å²) in [6.07, 6.45) is 0. The maximum atomic E-state index is 10.1. The number of nitrogens with zero attached hydrogens (tertiary/aromatic N) is 2. The Kier molecular flexibility index (Phi) is 3.05. The van der Waals surface area contributed by atoms with Crippen molar-refractivity contribution in [3.05, 3.63) is 60.7 Å². The molecule has 3 aromatic rings.